The molecule has 2 N–H and O–H groups in total. The fraction of sp³-hybridized carbons (Fsp3) is 0.167. The van der Waals surface area contributed by atoms with Gasteiger partial charge in [0.1, 0.15) is 11.5 Å². The van der Waals surface area contributed by atoms with Crippen LogP contribution in [0.1, 0.15) is 12.1 Å². The summed E-state index contributed by atoms with van der Waals surface area (Å²) in [5.74, 6) is 1.72. The van der Waals surface area contributed by atoms with Gasteiger partial charge in [-0.3, -0.25) is 5.10 Å². The molecule has 1 aromatic heterocycles. The van der Waals surface area contributed by atoms with Crippen LogP contribution < -0.4 is 0 Å². The Kier molecular flexibility index (Phi) is 4.19. The number of ether oxygens (including phenoxy) is 2. The molecule has 0 saturated heterocycles. The molecule has 0 atom stereocenters. The Morgan fingerprint density at radius 1 is 1.13 bits per heavy atom. The van der Waals surface area contributed by atoms with Gasteiger partial charge in [-0.25, -0.2) is 0 Å². The number of phenolic OH excluding ortho intramolecular Hbond substituents is 1. The van der Waals surface area contributed by atoms with Crippen molar-refractivity contribution in [1.29, 1.82) is 0 Å². The Bertz CT molecular complexity index is 783. The maximum absolute atomic E-state index is 9.37. The second kappa shape index (κ2) is 6.44. The number of H-pyrrole nitrogens is 1. The topological polar surface area (TPSA) is 67.4 Å². The lowest BCUT2D eigenvalue weighted by atomic mass is 10.1. The predicted molar refractivity (Wildman–Crippen MR) is 88.5 cm³/mol. The summed E-state index contributed by atoms with van der Waals surface area (Å²) in [4.78, 5) is 0. The van der Waals surface area contributed by atoms with E-state index in [0.29, 0.717) is 12.2 Å². The molecule has 0 saturated carbocycles. The van der Waals surface area contributed by atoms with Crippen molar-refractivity contribution in [3.05, 3.63) is 65.8 Å². The van der Waals surface area contributed by atoms with Crippen molar-refractivity contribution in [2.45, 2.75) is 6.42 Å². The first-order valence-corrected chi connectivity index (χ1v) is 7.26. The van der Waals surface area contributed by atoms with Crippen LogP contribution >= 0.6 is 0 Å². The number of aromatic amines is 1. The van der Waals surface area contributed by atoms with Gasteiger partial charge >= 0.3 is 0 Å². The number of nitrogens with one attached hydrogen (secondary N) is 1. The molecule has 3 rings (SSSR count). The number of nitrogens with zero attached hydrogens (tertiary/aromatic N) is 1. The maximum Gasteiger partial charge on any atom is 0.157 e. The standard InChI is InChI=1S/C18H18N2O3/c1-22-17-5-3-4-13(10-18(17)23-2)16-11-15(19-20-16)12-6-8-14(21)9-7-12/h3-4,6-11,21H,5H2,1-2H3,(H,19,20). The van der Waals surface area contributed by atoms with E-state index in [1.165, 1.54) is 0 Å². The van der Waals surface area contributed by atoms with Gasteiger partial charge in [0, 0.05) is 12.0 Å². The van der Waals surface area contributed by atoms with Crippen LogP contribution in [0.15, 0.2) is 60.1 Å². The molecule has 1 heterocycles. The molecule has 0 amide bonds. The number of benzene rings is 1. The number of rotatable bonds is 4. The van der Waals surface area contributed by atoms with Crippen LogP contribution in [0.25, 0.3) is 16.8 Å². The van der Waals surface area contributed by atoms with E-state index in [4.69, 9.17) is 9.47 Å². The van der Waals surface area contributed by atoms with Crippen LogP contribution in [0.4, 0.5) is 0 Å². The second-order valence-electron chi connectivity index (χ2n) is 5.12. The van der Waals surface area contributed by atoms with Crippen LogP contribution in [0.3, 0.4) is 0 Å². The summed E-state index contributed by atoms with van der Waals surface area (Å²) in [7, 11) is 3.26. The summed E-state index contributed by atoms with van der Waals surface area (Å²) in [5.41, 5.74) is 3.60. The average molecular weight is 310 g/mol. The van der Waals surface area contributed by atoms with Gasteiger partial charge in [-0.1, -0.05) is 12.2 Å². The molecule has 0 spiro atoms. The molecule has 0 unspecified atom stereocenters. The van der Waals surface area contributed by atoms with Crippen LogP contribution in [0, 0.1) is 0 Å². The predicted octanol–water partition coefficient (Wildman–Crippen LogP) is 3.63. The van der Waals surface area contributed by atoms with Crippen LogP contribution in [0.5, 0.6) is 5.75 Å². The fourth-order valence-electron chi connectivity index (χ4n) is 2.44. The molecule has 118 valence electrons. The lowest BCUT2D eigenvalue weighted by Crippen LogP contribution is -1.93. The molecule has 2 aromatic rings. The van der Waals surface area contributed by atoms with Gasteiger partial charge in [0.2, 0.25) is 0 Å². The SMILES string of the molecule is COC1=C(OC)CC=CC(c2cc(-c3ccc(O)cc3)[nH]n2)=C1. The zero-order chi connectivity index (χ0) is 16.2. The Labute approximate surface area is 134 Å². The molecular weight excluding hydrogens is 292 g/mol. The molecule has 1 aromatic carbocycles. The van der Waals surface area contributed by atoms with Crippen molar-refractivity contribution in [1.82, 2.24) is 10.2 Å². The number of methoxy groups -OCH3 is 2. The van der Waals surface area contributed by atoms with E-state index in [9.17, 15) is 5.11 Å². The summed E-state index contributed by atoms with van der Waals surface area (Å²) >= 11 is 0. The van der Waals surface area contributed by atoms with E-state index < -0.39 is 0 Å². The van der Waals surface area contributed by atoms with E-state index >= 15 is 0 Å². The van der Waals surface area contributed by atoms with Gasteiger partial charge < -0.3 is 14.6 Å². The number of aromatic hydroxyl groups is 1. The molecular formula is C18H18N2O3. The largest absolute Gasteiger partial charge is 0.508 e. The van der Waals surface area contributed by atoms with Crippen molar-refractivity contribution < 1.29 is 14.6 Å². The van der Waals surface area contributed by atoms with Gasteiger partial charge in [-0.2, -0.15) is 5.10 Å². The molecule has 0 fully saturated rings. The monoisotopic (exact) mass is 310 g/mol. The first-order chi connectivity index (χ1) is 11.2. The number of phenols is 1. The Hall–Kier alpha value is -2.95. The lowest BCUT2D eigenvalue weighted by Gasteiger charge is -2.07. The molecule has 1 aliphatic rings. The average Bonchev–Trinajstić information content (AvgIpc) is 2.96. The summed E-state index contributed by atoms with van der Waals surface area (Å²) in [6, 6.07) is 8.95. The summed E-state index contributed by atoms with van der Waals surface area (Å²) in [6.07, 6.45) is 6.61. The molecule has 0 aliphatic heterocycles. The minimum atomic E-state index is 0.241. The molecule has 0 radical (unpaired) electrons. The maximum atomic E-state index is 9.37. The fourth-order valence-corrected chi connectivity index (χ4v) is 2.44. The highest BCUT2D eigenvalue weighted by atomic mass is 16.5. The third kappa shape index (κ3) is 3.13. The van der Waals surface area contributed by atoms with Crippen molar-refractivity contribution in [2.24, 2.45) is 0 Å². The third-order valence-electron chi connectivity index (χ3n) is 3.68. The number of hydrogen-bond donors (Lipinski definition) is 2. The molecule has 0 bridgehead atoms. The first kappa shape index (κ1) is 15.0. The molecule has 1 aliphatic carbocycles. The lowest BCUT2D eigenvalue weighted by molar-refractivity contribution is 0.227. The zero-order valence-corrected chi connectivity index (χ0v) is 13.0. The number of aromatic nitrogens is 2. The highest BCUT2D eigenvalue weighted by Gasteiger charge is 2.13. The van der Waals surface area contributed by atoms with Crippen LogP contribution in [-0.2, 0) is 9.47 Å². The van der Waals surface area contributed by atoms with E-state index in [0.717, 1.165) is 28.3 Å². The van der Waals surface area contributed by atoms with E-state index in [2.05, 4.69) is 10.2 Å². The molecule has 5 heteroatoms. The van der Waals surface area contributed by atoms with Gasteiger partial charge in [0.05, 0.1) is 25.6 Å². The van der Waals surface area contributed by atoms with Gasteiger partial charge in [0.15, 0.2) is 5.76 Å². The molecule has 5 nitrogen and oxygen atoms in total. The van der Waals surface area contributed by atoms with E-state index in [1.807, 2.05) is 36.4 Å². The number of allylic oxidation sites excluding steroid dienone is 4. The summed E-state index contributed by atoms with van der Waals surface area (Å²) < 4.78 is 10.8. The van der Waals surface area contributed by atoms with Crippen molar-refractivity contribution in [2.75, 3.05) is 14.2 Å². The summed E-state index contributed by atoms with van der Waals surface area (Å²) in [5, 5.41) is 16.8. The zero-order valence-electron chi connectivity index (χ0n) is 13.0. The second-order valence-corrected chi connectivity index (χ2v) is 5.12. The first-order valence-electron chi connectivity index (χ1n) is 7.26. The summed E-state index contributed by atoms with van der Waals surface area (Å²) in [6.45, 7) is 0. The van der Waals surface area contributed by atoms with Crippen LogP contribution in [0.2, 0.25) is 0 Å². The van der Waals surface area contributed by atoms with Crippen molar-refractivity contribution in [3.8, 4) is 17.0 Å². The highest BCUT2D eigenvalue weighted by molar-refractivity contribution is 5.77. The normalized spacial score (nSPS) is 14.4. The van der Waals surface area contributed by atoms with Gasteiger partial charge in [-0.15, -0.1) is 0 Å². The minimum Gasteiger partial charge on any atom is -0.508 e. The van der Waals surface area contributed by atoms with Crippen LogP contribution in [-0.4, -0.2) is 29.5 Å². The van der Waals surface area contributed by atoms with Crippen molar-refractivity contribution >= 4 is 5.57 Å². The Morgan fingerprint density at radius 2 is 1.91 bits per heavy atom. The third-order valence-corrected chi connectivity index (χ3v) is 3.68. The van der Waals surface area contributed by atoms with Gasteiger partial charge in [-0.05, 0) is 42.0 Å². The van der Waals surface area contributed by atoms with E-state index in [-0.39, 0.29) is 5.75 Å². The number of hydrogen-bond acceptors (Lipinski definition) is 4. The van der Waals surface area contributed by atoms with Crippen molar-refractivity contribution in [3.63, 3.8) is 0 Å². The highest BCUT2D eigenvalue weighted by Crippen LogP contribution is 2.27. The quantitative estimate of drug-likeness (QED) is 0.905. The Morgan fingerprint density at radius 3 is 2.61 bits per heavy atom. The van der Waals surface area contributed by atoms with Gasteiger partial charge in [0.25, 0.3) is 0 Å². The minimum absolute atomic E-state index is 0.241. The molecule has 23 heavy (non-hydrogen) atoms. The Balaban J connectivity index is 1.95. The van der Waals surface area contributed by atoms with E-state index in [1.54, 1.807) is 26.4 Å². The smallest absolute Gasteiger partial charge is 0.157 e.